The smallest absolute Gasteiger partial charge is 0.265 e. The van der Waals surface area contributed by atoms with Crippen molar-refractivity contribution in [2.75, 3.05) is 7.05 Å². The molecular formula is C18H15Cl2N3OS. The maximum Gasteiger partial charge on any atom is 0.265 e. The van der Waals surface area contributed by atoms with E-state index in [1.165, 1.54) is 11.3 Å². The van der Waals surface area contributed by atoms with Crippen molar-refractivity contribution in [2.45, 2.75) is 13.5 Å². The van der Waals surface area contributed by atoms with E-state index in [0.29, 0.717) is 27.2 Å². The van der Waals surface area contributed by atoms with Gasteiger partial charge in [0.05, 0.1) is 11.4 Å². The van der Waals surface area contributed by atoms with Crippen LogP contribution in [-0.4, -0.2) is 27.8 Å². The second kappa shape index (κ2) is 7.52. The first kappa shape index (κ1) is 17.9. The number of amides is 1. The first-order valence-electron chi connectivity index (χ1n) is 7.54. The van der Waals surface area contributed by atoms with Gasteiger partial charge >= 0.3 is 0 Å². The molecule has 0 saturated carbocycles. The molecule has 2 aromatic heterocycles. The molecule has 0 aliphatic rings. The molecule has 0 aliphatic heterocycles. The van der Waals surface area contributed by atoms with Crippen LogP contribution in [-0.2, 0) is 6.54 Å². The number of thiazole rings is 1. The van der Waals surface area contributed by atoms with Crippen LogP contribution in [0.2, 0.25) is 10.0 Å². The van der Waals surface area contributed by atoms with E-state index in [1.54, 1.807) is 30.3 Å². The summed E-state index contributed by atoms with van der Waals surface area (Å²) in [4.78, 5) is 23.8. The molecule has 0 fully saturated rings. The average molecular weight is 392 g/mol. The summed E-state index contributed by atoms with van der Waals surface area (Å²) in [6.07, 6.45) is 1.71. The minimum Gasteiger partial charge on any atom is -0.337 e. The molecule has 0 atom stereocenters. The van der Waals surface area contributed by atoms with Gasteiger partial charge in [-0.3, -0.25) is 9.78 Å². The molecule has 1 aromatic carbocycles. The first-order valence-corrected chi connectivity index (χ1v) is 9.11. The molecule has 0 bridgehead atoms. The van der Waals surface area contributed by atoms with Crippen LogP contribution in [0.1, 0.15) is 20.9 Å². The summed E-state index contributed by atoms with van der Waals surface area (Å²) in [6.45, 7) is 2.23. The van der Waals surface area contributed by atoms with Gasteiger partial charge in [0, 0.05) is 29.8 Å². The van der Waals surface area contributed by atoms with Crippen LogP contribution in [0, 0.1) is 6.92 Å². The minimum absolute atomic E-state index is 0.0943. The quantitative estimate of drug-likeness (QED) is 0.621. The number of hydrogen-bond donors (Lipinski definition) is 0. The van der Waals surface area contributed by atoms with Gasteiger partial charge in [-0.2, -0.15) is 0 Å². The number of nitrogens with zero attached hydrogens (tertiary/aromatic N) is 3. The van der Waals surface area contributed by atoms with Crippen LogP contribution in [0.3, 0.4) is 0 Å². The summed E-state index contributed by atoms with van der Waals surface area (Å²) >= 11 is 13.5. The third-order valence-corrected chi connectivity index (χ3v) is 5.40. The van der Waals surface area contributed by atoms with Crippen molar-refractivity contribution in [3.63, 3.8) is 0 Å². The number of aryl methyl sites for hydroxylation is 1. The fourth-order valence-electron chi connectivity index (χ4n) is 2.34. The number of carbonyl (C=O) groups excluding carboxylic acids is 1. The zero-order chi connectivity index (χ0) is 18.0. The van der Waals surface area contributed by atoms with Crippen LogP contribution in [0.15, 0.2) is 42.6 Å². The van der Waals surface area contributed by atoms with Gasteiger partial charge in [0.25, 0.3) is 5.91 Å². The van der Waals surface area contributed by atoms with Crippen molar-refractivity contribution in [3.05, 3.63) is 68.8 Å². The Morgan fingerprint density at radius 3 is 2.72 bits per heavy atom. The first-order chi connectivity index (χ1) is 12.0. The maximum absolute atomic E-state index is 12.8. The summed E-state index contributed by atoms with van der Waals surface area (Å²) in [5, 5.41) is 1.85. The predicted octanol–water partition coefficient (Wildman–Crippen LogP) is 5.09. The Morgan fingerprint density at radius 2 is 2.04 bits per heavy atom. The Balaban J connectivity index is 1.82. The van der Waals surface area contributed by atoms with E-state index in [1.807, 2.05) is 31.2 Å². The van der Waals surface area contributed by atoms with E-state index in [4.69, 9.17) is 23.2 Å². The summed E-state index contributed by atoms with van der Waals surface area (Å²) in [5.74, 6) is -0.0943. The normalized spacial score (nSPS) is 10.7. The molecule has 1 amide bonds. The van der Waals surface area contributed by atoms with Crippen molar-refractivity contribution in [1.29, 1.82) is 0 Å². The van der Waals surface area contributed by atoms with Crippen molar-refractivity contribution < 1.29 is 4.79 Å². The minimum atomic E-state index is -0.0943. The monoisotopic (exact) mass is 391 g/mol. The molecule has 25 heavy (non-hydrogen) atoms. The van der Waals surface area contributed by atoms with Gasteiger partial charge in [-0.1, -0.05) is 35.3 Å². The lowest BCUT2D eigenvalue weighted by Gasteiger charge is -2.17. The lowest BCUT2D eigenvalue weighted by atomic mass is 10.2. The second-order valence-corrected chi connectivity index (χ2v) is 7.39. The standard InChI is InChI=1S/C18H15Cl2N3OS/c1-11-16(25-17(22-11)15-5-3-4-8-21-15)18(24)23(2)10-12-6-7-13(19)9-14(12)20/h3-9H,10H2,1-2H3. The third-order valence-electron chi connectivity index (χ3n) is 3.64. The van der Waals surface area contributed by atoms with Crippen LogP contribution in [0.25, 0.3) is 10.7 Å². The number of carbonyl (C=O) groups is 1. The Kier molecular flexibility index (Phi) is 5.37. The van der Waals surface area contributed by atoms with E-state index in [0.717, 1.165) is 16.3 Å². The van der Waals surface area contributed by atoms with Crippen molar-refractivity contribution in [1.82, 2.24) is 14.9 Å². The largest absolute Gasteiger partial charge is 0.337 e. The lowest BCUT2D eigenvalue weighted by Crippen LogP contribution is -2.26. The van der Waals surface area contributed by atoms with E-state index in [-0.39, 0.29) is 5.91 Å². The van der Waals surface area contributed by atoms with E-state index in [9.17, 15) is 4.79 Å². The van der Waals surface area contributed by atoms with Gasteiger partial charge in [-0.05, 0) is 36.8 Å². The van der Waals surface area contributed by atoms with Gasteiger partial charge in [-0.15, -0.1) is 11.3 Å². The van der Waals surface area contributed by atoms with Gasteiger partial charge in [0.2, 0.25) is 0 Å². The third kappa shape index (κ3) is 4.00. The number of rotatable bonds is 4. The predicted molar refractivity (Wildman–Crippen MR) is 102 cm³/mol. The molecule has 0 spiro atoms. The van der Waals surface area contributed by atoms with Gasteiger partial charge in [-0.25, -0.2) is 4.98 Å². The molecular weight excluding hydrogens is 377 g/mol. The number of benzene rings is 1. The highest BCUT2D eigenvalue weighted by Gasteiger charge is 2.20. The van der Waals surface area contributed by atoms with Gasteiger partial charge in [0.15, 0.2) is 0 Å². The Labute approximate surface area is 160 Å². The fourth-order valence-corrected chi connectivity index (χ4v) is 3.85. The SMILES string of the molecule is Cc1nc(-c2ccccn2)sc1C(=O)N(C)Cc1ccc(Cl)cc1Cl. The van der Waals surface area contributed by atoms with Crippen LogP contribution < -0.4 is 0 Å². The molecule has 0 N–H and O–H groups in total. The topological polar surface area (TPSA) is 46.1 Å². The second-order valence-electron chi connectivity index (χ2n) is 5.55. The summed E-state index contributed by atoms with van der Waals surface area (Å²) in [6, 6.07) is 10.9. The van der Waals surface area contributed by atoms with Crippen molar-refractivity contribution >= 4 is 40.4 Å². The average Bonchev–Trinajstić information content (AvgIpc) is 2.99. The number of halogens is 2. The van der Waals surface area contributed by atoms with Gasteiger partial charge < -0.3 is 4.90 Å². The van der Waals surface area contributed by atoms with Crippen LogP contribution >= 0.6 is 34.5 Å². The van der Waals surface area contributed by atoms with E-state index >= 15 is 0 Å². The fraction of sp³-hybridized carbons (Fsp3) is 0.167. The van der Waals surface area contributed by atoms with Crippen LogP contribution in [0.4, 0.5) is 0 Å². The summed E-state index contributed by atoms with van der Waals surface area (Å²) in [7, 11) is 1.74. The summed E-state index contributed by atoms with van der Waals surface area (Å²) < 4.78 is 0. The molecule has 0 aliphatic carbocycles. The molecule has 0 unspecified atom stereocenters. The highest BCUT2D eigenvalue weighted by Crippen LogP contribution is 2.28. The van der Waals surface area contributed by atoms with Crippen molar-refractivity contribution in [3.8, 4) is 10.7 Å². The zero-order valence-electron chi connectivity index (χ0n) is 13.7. The van der Waals surface area contributed by atoms with Crippen LogP contribution in [0.5, 0.6) is 0 Å². The summed E-state index contributed by atoms with van der Waals surface area (Å²) in [5.41, 5.74) is 2.30. The molecule has 0 saturated heterocycles. The molecule has 2 heterocycles. The Bertz CT molecular complexity index is 912. The highest BCUT2D eigenvalue weighted by molar-refractivity contribution is 7.17. The zero-order valence-corrected chi connectivity index (χ0v) is 16.0. The Hall–Kier alpha value is -1.95. The number of aromatic nitrogens is 2. The van der Waals surface area contributed by atoms with Gasteiger partial charge in [0.1, 0.15) is 9.88 Å². The maximum atomic E-state index is 12.8. The molecule has 3 rings (SSSR count). The molecule has 7 heteroatoms. The highest BCUT2D eigenvalue weighted by atomic mass is 35.5. The molecule has 0 radical (unpaired) electrons. The number of pyridine rings is 1. The van der Waals surface area contributed by atoms with Crippen molar-refractivity contribution in [2.24, 2.45) is 0 Å². The number of hydrogen-bond acceptors (Lipinski definition) is 4. The lowest BCUT2D eigenvalue weighted by molar-refractivity contribution is 0.0789. The van der Waals surface area contributed by atoms with E-state index in [2.05, 4.69) is 9.97 Å². The molecule has 128 valence electrons. The molecule has 3 aromatic rings. The van der Waals surface area contributed by atoms with E-state index < -0.39 is 0 Å². The Morgan fingerprint density at radius 1 is 1.24 bits per heavy atom. The molecule has 4 nitrogen and oxygen atoms in total.